The van der Waals surface area contributed by atoms with Gasteiger partial charge >= 0.3 is 12.4 Å². The largest absolute Gasteiger partial charge is 0.433 e. The predicted molar refractivity (Wildman–Crippen MR) is 148 cm³/mol. The molecule has 4 aromatic rings. The molecule has 44 heavy (non-hydrogen) atoms. The molecular formula is C28H23F7N4O3S2. The van der Waals surface area contributed by atoms with Crippen LogP contribution in [0.5, 0.6) is 0 Å². The standard InChI is InChI=1S/C28H23F7N4O3S2/c1-15-3-5-17-14-39(44(41,42)25-8-7-22(43-25)21-13-23(28(33,34)35)38(2)37-21)10-9-18(17)26(15)36-24(40)12-16-4-6-19(20(29)11-16)27(30,31)32/h3-8,11,13H,9-10,12,14H2,1-2H3,(H,36,40). The molecule has 1 aliphatic heterocycles. The van der Waals surface area contributed by atoms with Crippen LogP contribution in [-0.4, -0.2) is 35.0 Å². The van der Waals surface area contributed by atoms with Crippen molar-refractivity contribution < 1.29 is 43.9 Å². The Kier molecular flexibility index (Phi) is 8.13. The Morgan fingerprint density at radius 1 is 1.02 bits per heavy atom. The Balaban J connectivity index is 1.32. The molecule has 5 rings (SSSR count). The number of aryl methyl sites for hydroxylation is 2. The van der Waals surface area contributed by atoms with Crippen LogP contribution in [0.4, 0.5) is 36.4 Å². The molecule has 0 atom stereocenters. The van der Waals surface area contributed by atoms with Gasteiger partial charge in [-0.15, -0.1) is 11.3 Å². The number of amides is 1. The van der Waals surface area contributed by atoms with Crippen molar-refractivity contribution in [3.63, 3.8) is 0 Å². The summed E-state index contributed by atoms with van der Waals surface area (Å²) in [5.41, 5.74) is 0.0342. The molecule has 0 fully saturated rings. The lowest BCUT2D eigenvalue weighted by atomic mass is 9.95. The van der Waals surface area contributed by atoms with Gasteiger partial charge in [0.2, 0.25) is 5.91 Å². The first kappa shape index (κ1) is 31.7. The highest BCUT2D eigenvalue weighted by atomic mass is 32.2. The smallest absolute Gasteiger partial charge is 0.325 e. The van der Waals surface area contributed by atoms with Crippen molar-refractivity contribution in [3.8, 4) is 10.6 Å². The first-order valence-corrected chi connectivity index (χ1v) is 15.2. The number of hydrogen-bond acceptors (Lipinski definition) is 5. The number of sulfonamides is 1. The van der Waals surface area contributed by atoms with Gasteiger partial charge in [-0.25, -0.2) is 12.8 Å². The molecular weight excluding hydrogens is 637 g/mol. The third kappa shape index (κ3) is 6.23. The second-order valence-corrected chi connectivity index (χ2v) is 13.4. The zero-order valence-electron chi connectivity index (χ0n) is 23.0. The predicted octanol–water partition coefficient (Wildman–Crippen LogP) is 6.56. The average Bonchev–Trinajstić information content (AvgIpc) is 3.57. The molecule has 0 bridgehead atoms. The highest BCUT2D eigenvalue weighted by Gasteiger charge is 2.36. The summed E-state index contributed by atoms with van der Waals surface area (Å²) in [5, 5.41) is 6.61. The van der Waals surface area contributed by atoms with Crippen LogP contribution in [0.25, 0.3) is 10.6 Å². The van der Waals surface area contributed by atoms with Gasteiger partial charge in [0, 0.05) is 25.8 Å². The summed E-state index contributed by atoms with van der Waals surface area (Å²) >= 11 is 0.800. The number of hydrogen-bond donors (Lipinski definition) is 1. The van der Waals surface area contributed by atoms with E-state index in [1.165, 1.54) is 16.4 Å². The number of halogens is 7. The van der Waals surface area contributed by atoms with Gasteiger partial charge < -0.3 is 5.32 Å². The van der Waals surface area contributed by atoms with E-state index < -0.39 is 45.4 Å². The molecule has 1 N–H and O–H groups in total. The third-order valence-corrected chi connectivity index (χ3v) is 10.6. The van der Waals surface area contributed by atoms with E-state index in [4.69, 9.17) is 0 Å². The Hall–Kier alpha value is -3.76. The zero-order valence-corrected chi connectivity index (χ0v) is 24.6. The third-order valence-electron chi connectivity index (χ3n) is 7.14. The van der Waals surface area contributed by atoms with Crippen molar-refractivity contribution in [2.24, 2.45) is 7.05 Å². The molecule has 0 radical (unpaired) electrons. The van der Waals surface area contributed by atoms with Gasteiger partial charge in [-0.2, -0.15) is 35.7 Å². The van der Waals surface area contributed by atoms with Crippen LogP contribution in [0.2, 0.25) is 0 Å². The second-order valence-electron chi connectivity index (χ2n) is 10.2. The molecule has 3 heterocycles. The molecule has 2 aromatic carbocycles. The molecule has 2 aromatic heterocycles. The topological polar surface area (TPSA) is 84.3 Å². The SMILES string of the molecule is Cc1ccc2c(c1NC(=O)Cc1ccc(C(F)(F)F)c(F)c1)CCN(S(=O)(=O)c1ccc(-c3cc(C(F)(F)F)n(C)n3)s1)C2. The van der Waals surface area contributed by atoms with Crippen LogP contribution in [0.3, 0.4) is 0 Å². The Labute approximate surface area is 251 Å². The van der Waals surface area contributed by atoms with E-state index in [-0.39, 0.29) is 46.3 Å². The Bertz CT molecular complexity index is 1860. The number of benzene rings is 2. The average molecular weight is 661 g/mol. The summed E-state index contributed by atoms with van der Waals surface area (Å²) < 4.78 is 121. The lowest BCUT2D eigenvalue weighted by Crippen LogP contribution is -2.36. The van der Waals surface area contributed by atoms with Crippen molar-refractivity contribution in [2.45, 2.75) is 42.9 Å². The Morgan fingerprint density at radius 3 is 2.39 bits per heavy atom. The fraction of sp³-hybridized carbons (Fsp3) is 0.286. The number of rotatable bonds is 6. The molecule has 1 aliphatic rings. The van der Waals surface area contributed by atoms with Crippen molar-refractivity contribution >= 4 is 33.0 Å². The molecule has 0 saturated carbocycles. The molecule has 234 valence electrons. The van der Waals surface area contributed by atoms with Crippen LogP contribution in [-0.2, 0) is 53.6 Å². The van der Waals surface area contributed by atoms with Gasteiger partial charge in [-0.05, 0) is 65.9 Å². The maximum Gasteiger partial charge on any atom is 0.433 e. The summed E-state index contributed by atoms with van der Waals surface area (Å²) in [5.74, 6) is -2.08. The summed E-state index contributed by atoms with van der Waals surface area (Å²) in [7, 11) is -2.89. The molecule has 7 nitrogen and oxygen atoms in total. The number of anilines is 1. The number of nitrogens with zero attached hydrogens (tertiary/aromatic N) is 3. The highest BCUT2D eigenvalue weighted by Crippen LogP contribution is 2.38. The fourth-order valence-electron chi connectivity index (χ4n) is 4.97. The van der Waals surface area contributed by atoms with Crippen molar-refractivity contribution in [1.82, 2.24) is 14.1 Å². The van der Waals surface area contributed by atoms with Gasteiger partial charge in [0.05, 0.1) is 16.9 Å². The number of alkyl halides is 6. The first-order valence-electron chi connectivity index (χ1n) is 12.9. The summed E-state index contributed by atoms with van der Waals surface area (Å²) in [6, 6.07) is 9.25. The van der Waals surface area contributed by atoms with E-state index in [2.05, 4.69) is 10.4 Å². The molecule has 16 heteroatoms. The molecule has 0 aliphatic carbocycles. The van der Waals surface area contributed by atoms with Crippen molar-refractivity contribution in [1.29, 1.82) is 0 Å². The van der Waals surface area contributed by atoms with Gasteiger partial charge in [-0.3, -0.25) is 9.48 Å². The van der Waals surface area contributed by atoms with Gasteiger partial charge in [-0.1, -0.05) is 18.2 Å². The first-order chi connectivity index (χ1) is 20.4. The summed E-state index contributed by atoms with van der Waals surface area (Å²) in [6.45, 7) is 1.73. The number of fused-ring (bicyclic) bond motifs is 1. The summed E-state index contributed by atoms with van der Waals surface area (Å²) in [6.07, 6.45) is -9.66. The maximum atomic E-state index is 14.0. The van der Waals surface area contributed by atoms with Crippen molar-refractivity contribution in [2.75, 3.05) is 11.9 Å². The van der Waals surface area contributed by atoms with E-state index in [0.29, 0.717) is 39.2 Å². The number of carbonyl (C=O) groups is 1. The van der Waals surface area contributed by atoms with Crippen LogP contribution in [0.15, 0.2) is 52.7 Å². The van der Waals surface area contributed by atoms with E-state index in [1.54, 1.807) is 19.1 Å². The molecule has 0 saturated heterocycles. The quantitative estimate of drug-likeness (QED) is 0.238. The molecule has 1 amide bonds. The van der Waals surface area contributed by atoms with E-state index in [9.17, 15) is 43.9 Å². The van der Waals surface area contributed by atoms with Crippen LogP contribution >= 0.6 is 11.3 Å². The van der Waals surface area contributed by atoms with Crippen molar-refractivity contribution in [3.05, 3.63) is 87.9 Å². The number of nitrogens with one attached hydrogen (secondary N) is 1. The zero-order chi connectivity index (χ0) is 32.2. The normalized spacial score (nSPS) is 14.5. The maximum absolute atomic E-state index is 14.0. The number of carbonyl (C=O) groups excluding carboxylic acids is 1. The summed E-state index contributed by atoms with van der Waals surface area (Å²) in [4.78, 5) is 13.0. The lowest BCUT2D eigenvalue weighted by Gasteiger charge is -2.29. The highest BCUT2D eigenvalue weighted by molar-refractivity contribution is 7.91. The fourth-order valence-corrected chi connectivity index (χ4v) is 7.81. The van der Waals surface area contributed by atoms with Crippen LogP contribution in [0.1, 0.15) is 33.5 Å². The minimum absolute atomic E-state index is 0.00911. The number of thiophene rings is 1. The van der Waals surface area contributed by atoms with E-state index in [0.717, 1.165) is 30.5 Å². The van der Waals surface area contributed by atoms with Gasteiger partial charge in [0.25, 0.3) is 10.0 Å². The van der Waals surface area contributed by atoms with Crippen LogP contribution in [0, 0.1) is 12.7 Å². The minimum Gasteiger partial charge on any atom is -0.325 e. The lowest BCUT2D eigenvalue weighted by molar-refractivity contribution is -0.143. The van der Waals surface area contributed by atoms with E-state index >= 15 is 0 Å². The monoisotopic (exact) mass is 660 g/mol. The number of aromatic nitrogens is 2. The van der Waals surface area contributed by atoms with E-state index in [1.807, 2.05) is 0 Å². The molecule has 0 unspecified atom stereocenters. The van der Waals surface area contributed by atoms with Gasteiger partial charge in [0.15, 0.2) is 0 Å². The van der Waals surface area contributed by atoms with Crippen LogP contribution < -0.4 is 5.32 Å². The van der Waals surface area contributed by atoms with Gasteiger partial charge in [0.1, 0.15) is 21.4 Å². The second kappa shape index (κ2) is 11.3. The minimum atomic E-state index is -4.86. The Morgan fingerprint density at radius 2 is 1.75 bits per heavy atom. The molecule has 0 spiro atoms.